The second-order valence-electron chi connectivity index (χ2n) is 2.65. The molecule has 78 valence electrons. The Morgan fingerprint density at radius 1 is 1.54 bits per heavy atom. The molecule has 5 N–H and O–H groups in total. The summed E-state index contributed by atoms with van der Waals surface area (Å²) in [4.78, 5) is 10.2. The molecule has 0 aliphatic carbocycles. The lowest BCUT2D eigenvalue weighted by Gasteiger charge is -2.26. The lowest BCUT2D eigenvalue weighted by atomic mass is 10.0. The number of carbonyl (C=O) groups excluding carboxylic acids is 1. The fourth-order valence-electron chi connectivity index (χ4n) is 0.928. The van der Waals surface area contributed by atoms with Gasteiger partial charge in [0.1, 0.15) is 24.6 Å². The average molecular weight is 193 g/mol. The highest BCUT2D eigenvalue weighted by molar-refractivity contribution is 5.58. The Labute approximate surface area is 75.9 Å². The minimum absolute atomic E-state index is 0.348. The van der Waals surface area contributed by atoms with Crippen molar-refractivity contribution in [1.29, 1.82) is 0 Å². The lowest BCUT2D eigenvalue weighted by Crippen LogP contribution is -2.50. The first-order valence-corrected chi connectivity index (χ1v) is 3.79. The molecule has 0 bridgehead atoms. The molecule has 4 atom stereocenters. The zero-order valence-electron chi connectivity index (χ0n) is 7.33. The first-order chi connectivity index (χ1) is 6.08. The molecular weight excluding hydrogens is 178 g/mol. The molecule has 0 aliphatic rings. The zero-order valence-corrected chi connectivity index (χ0v) is 7.33. The summed E-state index contributed by atoms with van der Waals surface area (Å²) in [7, 11) is 1.24. The molecule has 6 heteroatoms. The first kappa shape index (κ1) is 12.5. The molecular formula is C7H15NO5. The molecule has 13 heavy (non-hydrogen) atoms. The van der Waals surface area contributed by atoms with Gasteiger partial charge >= 0.3 is 0 Å². The standard InChI is InChI=1S/C7H15NO5/c1-13-7(5(11)3-10)6(12)4(8)2-9/h2,4-7,10-12H,3,8H2,1H3/t4-,5-,6-,7-/m1/s1. The summed E-state index contributed by atoms with van der Waals surface area (Å²) in [6, 6.07) is -1.13. The average Bonchev–Trinajstić information content (AvgIpc) is 2.17. The van der Waals surface area contributed by atoms with Crippen LogP contribution in [0.4, 0.5) is 0 Å². The molecule has 0 rings (SSSR count). The van der Waals surface area contributed by atoms with Gasteiger partial charge in [-0.05, 0) is 0 Å². The molecule has 0 saturated heterocycles. The fraction of sp³-hybridized carbons (Fsp3) is 0.857. The maximum Gasteiger partial charge on any atom is 0.139 e. The van der Waals surface area contributed by atoms with Gasteiger partial charge < -0.3 is 30.6 Å². The number of aliphatic hydroxyl groups is 3. The molecule has 0 fully saturated rings. The second-order valence-corrected chi connectivity index (χ2v) is 2.65. The van der Waals surface area contributed by atoms with Gasteiger partial charge in [-0.25, -0.2) is 0 Å². The second kappa shape index (κ2) is 6.01. The number of aliphatic hydroxyl groups excluding tert-OH is 3. The Bertz CT molecular complexity index is 154. The smallest absolute Gasteiger partial charge is 0.139 e. The van der Waals surface area contributed by atoms with Crippen molar-refractivity contribution in [2.24, 2.45) is 5.73 Å². The van der Waals surface area contributed by atoms with E-state index in [0.717, 1.165) is 0 Å². The highest BCUT2D eigenvalue weighted by atomic mass is 16.5. The van der Waals surface area contributed by atoms with E-state index in [1.54, 1.807) is 0 Å². The Kier molecular flexibility index (Phi) is 5.76. The number of rotatable bonds is 6. The van der Waals surface area contributed by atoms with Crippen molar-refractivity contribution in [3.8, 4) is 0 Å². The molecule has 0 aromatic rings. The molecule has 0 aromatic heterocycles. The summed E-state index contributed by atoms with van der Waals surface area (Å²) < 4.78 is 4.69. The highest BCUT2D eigenvalue weighted by Gasteiger charge is 2.30. The summed E-state index contributed by atoms with van der Waals surface area (Å²) in [5, 5.41) is 27.0. The van der Waals surface area contributed by atoms with Crippen molar-refractivity contribution in [3.05, 3.63) is 0 Å². The topological polar surface area (TPSA) is 113 Å². The Morgan fingerprint density at radius 2 is 2.08 bits per heavy atom. The van der Waals surface area contributed by atoms with Crippen molar-refractivity contribution in [3.63, 3.8) is 0 Å². The molecule has 0 aliphatic heterocycles. The van der Waals surface area contributed by atoms with Crippen LogP contribution in [0, 0.1) is 0 Å². The first-order valence-electron chi connectivity index (χ1n) is 3.79. The van der Waals surface area contributed by atoms with Crippen molar-refractivity contribution >= 4 is 6.29 Å². The fourth-order valence-corrected chi connectivity index (χ4v) is 0.928. The zero-order chi connectivity index (χ0) is 10.4. The molecule has 6 nitrogen and oxygen atoms in total. The lowest BCUT2D eigenvalue weighted by molar-refractivity contribution is -0.122. The molecule has 0 spiro atoms. The number of ether oxygens (including phenoxy) is 1. The minimum atomic E-state index is -1.33. The summed E-state index contributed by atoms with van der Waals surface area (Å²) >= 11 is 0. The monoisotopic (exact) mass is 193 g/mol. The van der Waals surface area contributed by atoms with Crippen LogP contribution in [0.5, 0.6) is 0 Å². The molecule has 0 heterocycles. The third-order valence-corrected chi connectivity index (χ3v) is 1.73. The molecule has 0 saturated carbocycles. The van der Waals surface area contributed by atoms with E-state index in [1.807, 2.05) is 0 Å². The predicted molar refractivity (Wildman–Crippen MR) is 43.9 cm³/mol. The van der Waals surface area contributed by atoms with E-state index in [4.69, 9.17) is 15.9 Å². The van der Waals surface area contributed by atoms with E-state index < -0.39 is 31.0 Å². The molecule has 0 aromatic carbocycles. The maximum atomic E-state index is 10.2. The van der Waals surface area contributed by atoms with Gasteiger partial charge in [-0.3, -0.25) is 0 Å². The third-order valence-electron chi connectivity index (χ3n) is 1.73. The predicted octanol–water partition coefficient (Wildman–Crippen LogP) is -2.76. The number of carbonyl (C=O) groups is 1. The minimum Gasteiger partial charge on any atom is -0.394 e. The van der Waals surface area contributed by atoms with Gasteiger partial charge in [-0.15, -0.1) is 0 Å². The van der Waals surface area contributed by atoms with Crippen LogP contribution in [0.25, 0.3) is 0 Å². The molecule has 0 unspecified atom stereocenters. The van der Waals surface area contributed by atoms with Gasteiger partial charge in [0.15, 0.2) is 0 Å². The maximum absolute atomic E-state index is 10.2. The van der Waals surface area contributed by atoms with E-state index >= 15 is 0 Å². The van der Waals surface area contributed by atoms with Crippen molar-refractivity contribution < 1.29 is 24.9 Å². The van der Waals surface area contributed by atoms with E-state index in [9.17, 15) is 9.90 Å². The number of aldehydes is 1. The van der Waals surface area contributed by atoms with Crippen molar-refractivity contribution in [1.82, 2.24) is 0 Å². The summed E-state index contributed by atoms with van der Waals surface area (Å²) in [6.07, 6.45) is -3.30. The third kappa shape index (κ3) is 3.37. The largest absolute Gasteiger partial charge is 0.394 e. The van der Waals surface area contributed by atoms with Gasteiger partial charge in [-0.1, -0.05) is 0 Å². The van der Waals surface area contributed by atoms with Crippen LogP contribution < -0.4 is 5.73 Å². The number of methoxy groups -OCH3 is 1. The van der Waals surface area contributed by atoms with Crippen LogP contribution in [0.2, 0.25) is 0 Å². The van der Waals surface area contributed by atoms with Crippen molar-refractivity contribution in [2.45, 2.75) is 24.4 Å². The molecule has 0 radical (unpaired) electrons. The van der Waals surface area contributed by atoms with Crippen LogP contribution >= 0.6 is 0 Å². The van der Waals surface area contributed by atoms with E-state index in [-0.39, 0.29) is 0 Å². The number of hydrogen-bond acceptors (Lipinski definition) is 6. The number of nitrogens with two attached hydrogens (primary N) is 1. The van der Waals surface area contributed by atoms with Gasteiger partial charge in [-0.2, -0.15) is 0 Å². The normalized spacial score (nSPS) is 20.4. The Hall–Kier alpha value is -0.530. The summed E-state index contributed by atoms with van der Waals surface area (Å²) in [5.74, 6) is 0. The van der Waals surface area contributed by atoms with Crippen LogP contribution in [0.15, 0.2) is 0 Å². The molecule has 0 amide bonds. The van der Waals surface area contributed by atoms with E-state index in [1.165, 1.54) is 7.11 Å². The van der Waals surface area contributed by atoms with Crippen LogP contribution in [-0.4, -0.2) is 59.7 Å². The van der Waals surface area contributed by atoms with Crippen LogP contribution in [0.3, 0.4) is 0 Å². The van der Waals surface area contributed by atoms with E-state index in [0.29, 0.717) is 6.29 Å². The van der Waals surface area contributed by atoms with Gasteiger partial charge in [0.05, 0.1) is 12.6 Å². The SMILES string of the molecule is CO[C@@H]([C@H](O)[C@H](N)C=O)[C@H](O)CO. The highest BCUT2D eigenvalue weighted by Crippen LogP contribution is 2.06. The van der Waals surface area contributed by atoms with Crippen molar-refractivity contribution in [2.75, 3.05) is 13.7 Å². The summed E-state index contributed by atoms with van der Waals surface area (Å²) in [6.45, 7) is -0.568. The van der Waals surface area contributed by atoms with Crippen LogP contribution in [-0.2, 0) is 9.53 Å². The van der Waals surface area contributed by atoms with Gasteiger partial charge in [0.25, 0.3) is 0 Å². The van der Waals surface area contributed by atoms with E-state index in [2.05, 4.69) is 4.74 Å². The van der Waals surface area contributed by atoms with Gasteiger partial charge in [0, 0.05) is 7.11 Å². The Balaban J connectivity index is 4.29. The number of hydrogen-bond donors (Lipinski definition) is 4. The van der Waals surface area contributed by atoms with Gasteiger partial charge in [0.2, 0.25) is 0 Å². The van der Waals surface area contributed by atoms with Crippen LogP contribution in [0.1, 0.15) is 0 Å². The Morgan fingerprint density at radius 3 is 2.38 bits per heavy atom. The summed E-state index contributed by atoms with van der Waals surface area (Å²) in [5.41, 5.74) is 5.19. The quantitative estimate of drug-likeness (QED) is 0.340.